The molecular formula is C20H26N2O4S. The Morgan fingerprint density at radius 2 is 1.74 bits per heavy atom. The molecule has 146 valence electrons. The van der Waals surface area contributed by atoms with E-state index in [0.717, 1.165) is 41.0 Å². The summed E-state index contributed by atoms with van der Waals surface area (Å²) in [6.45, 7) is 10.9. The molecule has 1 heterocycles. The quantitative estimate of drug-likeness (QED) is 0.542. The van der Waals surface area contributed by atoms with E-state index in [4.69, 9.17) is 4.74 Å². The Balaban J connectivity index is 2.10. The van der Waals surface area contributed by atoms with Crippen molar-refractivity contribution in [2.75, 3.05) is 24.5 Å². The largest absolute Gasteiger partial charge is 0.459 e. The van der Waals surface area contributed by atoms with Crippen LogP contribution in [-0.2, 0) is 14.3 Å². The van der Waals surface area contributed by atoms with E-state index >= 15 is 0 Å². The first-order valence-corrected chi connectivity index (χ1v) is 9.78. The number of hydrogen-bond donors (Lipinski definition) is 0. The van der Waals surface area contributed by atoms with Crippen LogP contribution in [0.25, 0.3) is 6.08 Å². The van der Waals surface area contributed by atoms with E-state index in [1.807, 2.05) is 24.3 Å². The van der Waals surface area contributed by atoms with Gasteiger partial charge in [0, 0.05) is 18.8 Å². The van der Waals surface area contributed by atoms with Crippen LogP contribution in [0, 0.1) is 0 Å². The highest BCUT2D eigenvalue weighted by Gasteiger charge is 2.37. The van der Waals surface area contributed by atoms with Crippen molar-refractivity contribution < 1.29 is 19.1 Å². The molecule has 0 aromatic heterocycles. The Bertz CT molecular complexity index is 746. The van der Waals surface area contributed by atoms with Gasteiger partial charge < -0.3 is 9.64 Å². The van der Waals surface area contributed by atoms with Crippen LogP contribution in [0.4, 0.5) is 10.5 Å². The monoisotopic (exact) mass is 390 g/mol. The molecule has 1 aromatic rings. The van der Waals surface area contributed by atoms with E-state index < -0.39 is 22.7 Å². The molecule has 0 atom stereocenters. The Kier molecular flexibility index (Phi) is 6.70. The number of thioether (sulfide) groups is 1. The molecule has 1 fully saturated rings. The van der Waals surface area contributed by atoms with Gasteiger partial charge in [0.1, 0.15) is 12.1 Å². The first-order chi connectivity index (χ1) is 12.6. The van der Waals surface area contributed by atoms with Gasteiger partial charge in [0.15, 0.2) is 0 Å². The molecule has 2 rings (SSSR count). The van der Waals surface area contributed by atoms with Crippen LogP contribution < -0.4 is 4.90 Å². The van der Waals surface area contributed by atoms with Gasteiger partial charge in [-0.3, -0.25) is 19.3 Å². The number of imide groups is 1. The maximum absolute atomic E-state index is 12.5. The zero-order valence-electron chi connectivity index (χ0n) is 16.4. The number of esters is 1. The van der Waals surface area contributed by atoms with Crippen LogP contribution >= 0.6 is 11.8 Å². The fraction of sp³-hybridized carbons (Fsp3) is 0.450. The molecule has 2 amide bonds. The van der Waals surface area contributed by atoms with Crippen molar-refractivity contribution in [3.05, 3.63) is 34.7 Å². The number of carbonyl (C=O) groups is 3. The summed E-state index contributed by atoms with van der Waals surface area (Å²) in [6, 6.07) is 7.80. The van der Waals surface area contributed by atoms with Crippen molar-refractivity contribution in [3.8, 4) is 0 Å². The van der Waals surface area contributed by atoms with Crippen LogP contribution in [0.3, 0.4) is 0 Å². The predicted octanol–water partition coefficient (Wildman–Crippen LogP) is 3.91. The smallest absolute Gasteiger partial charge is 0.326 e. The van der Waals surface area contributed by atoms with Crippen molar-refractivity contribution >= 4 is 40.6 Å². The second-order valence-corrected chi connectivity index (χ2v) is 8.11. The molecule has 27 heavy (non-hydrogen) atoms. The molecule has 1 aromatic carbocycles. The van der Waals surface area contributed by atoms with Crippen LogP contribution in [0.2, 0.25) is 0 Å². The van der Waals surface area contributed by atoms with Gasteiger partial charge in [-0.1, -0.05) is 12.1 Å². The Morgan fingerprint density at radius 3 is 2.26 bits per heavy atom. The summed E-state index contributed by atoms with van der Waals surface area (Å²) in [5.74, 6) is -1.07. The van der Waals surface area contributed by atoms with Crippen LogP contribution in [0.1, 0.15) is 40.2 Å². The van der Waals surface area contributed by atoms with Gasteiger partial charge >= 0.3 is 5.97 Å². The van der Waals surface area contributed by atoms with E-state index in [0.29, 0.717) is 4.91 Å². The lowest BCUT2D eigenvalue weighted by Crippen LogP contribution is -2.37. The fourth-order valence-electron chi connectivity index (χ4n) is 2.66. The number of hydrogen-bond acceptors (Lipinski definition) is 6. The summed E-state index contributed by atoms with van der Waals surface area (Å²) in [4.78, 5) is 40.0. The molecule has 7 heteroatoms. The molecule has 1 aliphatic rings. The number of carbonyl (C=O) groups excluding carboxylic acids is 3. The Hall–Kier alpha value is -2.28. The van der Waals surface area contributed by atoms with Crippen LogP contribution in [0.5, 0.6) is 0 Å². The van der Waals surface area contributed by atoms with Crippen molar-refractivity contribution in [3.63, 3.8) is 0 Å². The minimum Gasteiger partial charge on any atom is -0.459 e. The third kappa shape index (κ3) is 5.60. The number of nitrogens with zero attached hydrogens (tertiary/aromatic N) is 2. The summed E-state index contributed by atoms with van der Waals surface area (Å²) < 4.78 is 5.19. The number of amides is 2. The minimum absolute atomic E-state index is 0.305. The van der Waals surface area contributed by atoms with Crippen LogP contribution in [0.15, 0.2) is 29.2 Å². The molecule has 0 radical (unpaired) electrons. The van der Waals surface area contributed by atoms with Gasteiger partial charge in [-0.05, 0) is 70.2 Å². The van der Waals surface area contributed by atoms with Crippen molar-refractivity contribution in [1.82, 2.24) is 4.90 Å². The summed E-state index contributed by atoms with van der Waals surface area (Å²) in [5, 5.41) is -0.461. The second kappa shape index (κ2) is 8.61. The standard InChI is InChI=1S/C20H26N2O4S/c1-6-21(7-2)15-10-8-14(9-11-15)12-16-18(24)22(19(25)27-16)13-17(23)26-20(3,4)5/h8-12H,6-7,13H2,1-5H3/b16-12+. The molecular weight excluding hydrogens is 364 g/mol. The zero-order chi connectivity index (χ0) is 20.2. The lowest BCUT2D eigenvalue weighted by molar-refractivity contribution is -0.156. The molecule has 0 bridgehead atoms. The van der Waals surface area contributed by atoms with E-state index in [1.165, 1.54) is 0 Å². The van der Waals surface area contributed by atoms with Crippen molar-refractivity contribution in [2.24, 2.45) is 0 Å². The van der Waals surface area contributed by atoms with Gasteiger partial charge in [0.2, 0.25) is 0 Å². The maximum Gasteiger partial charge on any atom is 0.326 e. The topological polar surface area (TPSA) is 66.9 Å². The average Bonchev–Trinajstić information content (AvgIpc) is 2.83. The molecule has 0 N–H and O–H groups in total. The number of rotatable bonds is 6. The normalized spacial score (nSPS) is 16.2. The fourth-order valence-corrected chi connectivity index (χ4v) is 3.50. The molecule has 1 saturated heterocycles. The number of anilines is 1. The van der Waals surface area contributed by atoms with E-state index in [1.54, 1.807) is 26.8 Å². The van der Waals surface area contributed by atoms with E-state index in [2.05, 4.69) is 18.7 Å². The van der Waals surface area contributed by atoms with Gasteiger partial charge in [0.05, 0.1) is 4.91 Å². The lowest BCUT2D eigenvalue weighted by atomic mass is 10.1. The van der Waals surface area contributed by atoms with E-state index in [-0.39, 0.29) is 6.54 Å². The highest BCUT2D eigenvalue weighted by molar-refractivity contribution is 8.18. The maximum atomic E-state index is 12.5. The van der Waals surface area contributed by atoms with Gasteiger partial charge in [0.25, 0.3) is 11.1 Å². The van der Waals surface area contributed by atoms with Gasteiger partial charge in [-0.15, -0.1) is 0 Å². The van der Waals surface area contributed by atoms with Gasteiger partial charge in [-0.2, -0.15) is 0 Å². The number of benzene rings is 1. The predicted molar refractivity (Wildman–Crippen MR) is 109 cm³/mol. The average molecular weight is 391 g/mol. The van der Waals surface area contributed by atoms with Crippen LogP contribution in [-0.4, -0.2) is 47.3 Å². The molecule has 0 aliphatic carbocycles. The molecule has 1 aliphatic heterocycles. The highest BCUT2D eigenvalue weighted by Crippen LogP contribution is 2.32. The molecule has 0 spiro atoms. The first kappa shape index (κ1) is 21.0. The number of ether oxygens (including phenoxy) is 1. The van der Waals surface area contributed by atoms with Crippen molar-refractivity contribution in [2.45, 2.75) is 40.2 Å². The minimum atomic E-state index is -0.665. The SMILES string of the molecule is CCN(CC)c1ccc(/C=C2/SC(=O)N(CC(=O)OC(C)(C)C)C2=O)cc1. The Morgan fingerprint density at radius 1 is 1.15 bits per heavy atom. The second-order valence-electron chi connectivity index (χ2n) is 7.12. The third-order valence-electron chi connectivity index (χ3n) is 3.90. The summed E-state index contributed by atoms with van der Waals surface area (Å²) in [5.41, 5.74) is 1.27. The summed E-state index contributed by atoms with van der Waals surface area (Å²) in [6.07, 6.45) is 1.67. The molecule has 0 saturated carbocycles. The lowest BCUT2D eigenvalue weighted by Gasteiger charge is -2.21. The Labute approximate surface area is 164 Å². The zero-order valence-corrected chi connectivity index (χ0v) is 17.3. The summed E-state index contributed by atoms with van der Waals surface area (Å²) >= 11 is 0.836. The molecule has 0 unspecified atom stereocenters. The third-order valence-corrected chi connectivity index (χ3v) is 4.81. The summed E-state index contributed by atoms with van der Waals surface area (Å²) in [7, 11) is 0. The highest BCUT2D eigenvalue weighted by atomic mass is 32.2. The van der Waals surface area contributed by atoms with Gasteiger partial charge in [-0.25, -0.2) is 0 Å². The molecule has 6 nitrogen and oxygen atoms in total. The van der Waals surface area contributed by atoms with Crippen molar-refractivity contribution in [1.29, 1.82) is 0 Å². The van der Waals surface area contributed by atoms with E-state index in [9.17, 15) is 14.4 Å². The first-order valence-electron chi connectivity index (χ1n) is 8.96.